The third kappa shape index (κ3) is 4.73. The lowest BCUT2D eigenvalue weighted by Crippen LogP contribution is -2.39. The number of hydrogen-bond donors (Lipinski definition) is 0. The second-order valence-electron chi connectivity index (χ2n) is 8.79. The van der Waals surface area contributed by atoms with Crippen LogP contribution in [0, 0.1) is 13.8 Å². The van der Waals surface area contributed by atoms with Crippen molar-refractivity contribution in [2.45, 2.75) is 50.1 Å². The minimum atomic E-state index is -0.208. The van der Waals surface area contributed by atoms with Crippen molar-refractivity contribution in [1.82, 2.24) is 4.90 Å². The predicted molar refractivity (Wildman–Crippen MR) is 135 cm³/mol. The van der Waals surface area contributed by atoms with Crippen LogP contribution in [0.25, 0.3) is 0 Å². The quantitative estimate of drug-likeness (QED) is 0.367. The lowest BCUT2D eigenvalue weighted by molar-refractivity contribution is 0.0661. The van der Waals surface area contributed by atoms with Crippen LogP contribution in [0.3, 0.4) is 0 Å². The highest BCUT2D eigenvalue weighted by atomic mass is 32.2. The van der Waals surface area contributed by atoms with Gasteiger partial charge in [0.1, 0.15) is 0 Å². The fourth-order valence-electron chi connectivity index (χ4n) is 4.39. The van der Waals surface area contributed by atoms with E-state index in [0.29, 0.717) is 28.9 Å². The van der Waals surface area contributed by atoms with Crippen molar-refractivity contribution >= 4 is 17.7 Å². The molecule has 3 aromatic rings. The Kier molecular flexibility index (Phi) is 7.08. The number of methoxy groups -OCH3 is 2. The van der Waals surface area contributed by atoms with Crippen LogP contribution in [-0.4, -0.2) is 31.6 Å². The molecule has 0 saturated heterocycles. The van der Waals surface area contributed by atoms with Gasteiger partial charge in [0.25, 0.3) is 5.91 Å². The monoisotopic (exact) mass is 477 g/mol. The fourth-order valence-corrected chi connectivity index (χ4v) is 5.32. The molecule has 2 heterocycles. The second kappa shape index (κ2) is 10.0. The Hall–Kier alpha value is -3.12. The summed E-state index contributed by atoms with van der Waals surface area (Å²) < 4.78 is 17.1. The third-order valence-electron chi connectivity index (χ3n) is 6.08. The number of hydrogen-bond acceptors (Lipinski definition) is 5. The van der Waals surface area contributed by atoms with Gasteiger partial charge in [-0.05, 0) is 80.6 Å². The van der Waals surface area contributed by atoms with Crippen LogP contribution in [-0.2, 0) is 6.42 Å². The van der Waals surface area contributed by atoms with E-state index in [9.17, 15) is 4.79 Å². The first-order valence-electron chi connectivity index (χ1n) is 11.4. The van der Waals surface area contributed by atoms with Crippen LogP contribution >= 0.6 is 11.8 Å². The van der Waals surface area contributed by atoms with Gasteiger partial charge in [-0.2, -0.15) is 0 Å². The summed E-state index contributed by atoms with van der Waals surface area (Å²) in [6, 6.07) is 13.7. The van der Waals surface area contributed by atoms with Crippen molar-refractivity contribution in [3.8, 4) is 11.5 Å². The molecule has 0 fully saturated rings. The highest BCUT2D eigenvalue weighted by Crippen LogP contribution is 2.40. The molecular weight excluding hydrogens is 446 g/mol. The van der Waals surface area contributed by atoms with Gasteiger partial charge in [-0.15, -0.1) is 0 Å². The molecule has 1 aromatic heterocycles. The number of nitrogens with zero attached hydrogens (tertiary/aromatic N) is 1. The molecule has 1 aliphatic heterocycles. The van der Waals surface area contributed by atoms with Crippen LogP contribution in [0.2, 0.25) is 0 Å². The van der Waals surface area contributed by atoms with Crippen LogP contribution in [0.4, 0.5) is 0 Å². The Balaban J connectivity index is 1.65. The number of fused-ring (bicyclic) bond motifs is 1. The Bertz CT molecular complexity index is 1220. The summed E-state index contributed by atoms with van der Waals surface area (Å²) in [5.41, 5.74) is 5.73. The summed E-state index contributed by atoms with van der Waals surface area (Å²) in [5.74, 6) is 1.60. The summed E-state index contributed by atoms with van der Waals surface area (Å²) >= 11 is 1.56. The standard InChI is InChI=1S/C28H31NO4S/c1-17(2)14-22-21-16-25(32-6)24(31-5)15-20(21)12-13-29(22)28(30)23-10-11-26(33-23)34-27-18(3)8-7-9-19(27)4/h7-11,14-16,22H,12-13H2,1-6H3. The fraction of sp³-hybridized carbons (Fsp3) is 0.321. The normalized spacial score (nSPS) is 15.0. The van der Waals surface area contributed by atoms with E-state index in [4.69, 9.17) is 13.9 Å². The number of rotatable bonds is 6. The Morgan fingerprint density at radius 2 is 1.74 bits per heavy atom. The lowest BCUT2D eigenvalue weighted by atomic mass is 9.90. The molecule has 1 amide bonds. The highest BCUT2D eigenvalue weighted by Gasteiger charge is 2.32. The Labute approximate surface area is 205 Å². The SMILES string of the molecule is COc1cc2c(cc1OC)C(C=C(C)C)N(C(=O)c1ccc(Sc3c(C)cccc3C)o1)CC2. The molecule has 0 spiro atoms. The average molecular weight is 478 g/mol. The van der Waals surface area contributed by atoms with Crippen LogP contribution in [0.15, 0.2) is 68.5 Å². The molecule has 1 aliphatic rings. The largest absolute Gasteiger partial charge is 0.493 e. The number of aryl methyl sites for hydroxylation is 2. The molecule has 0 saturated carbocycles. The average Bonchev–Trinajstić information content (AvgIpc) is 3.29. The Morgan fingerprint density at radius 3 is 2.38 bits per heavy atom. The zero-order chi connectivity index (χ0) is 24.4. The van der Waals surface area contributed by atoms with E-state index in [1.165, 1.54) is 11.1 Å². The van der Waals surface area contributed by atoms with Crippen molar-refractivity contribution in [3.05, 3.63) is 82.1 Å². The van der Waals surface area contributed by atoms with Crippen molar-refractivity contribution in [2.24, 2.45) is 0 Å². The lowest BCUT2D eigenvalue weighted by Gasteiger charge is -2.36. The van der Waals surface area contributed by atoms with Gasteiger partial charge in [0.05, 0.1) is 20.3 Å². The molecular formula is C28H31NO4S. The van der Waals surface area contributed by atoms with E-state index in [-0.39, 0.29) is 11.9 Å². The van der Waals surface area contributed by atoms with Crippen molar-refractivity contribution in [2.75, 3.05) is 20.8 Å². The molecule has 4 rings (SSSR count). The number of ether oxygens (including phenoxy) is 2. The number of benzene rings is 2. The van der Waals surface area contributed by atoms with E-state index < -0.39 is 0 Å². The zero-order valence-electron chi connectivity index (χ0n) is 20.6. The molecule has 0 radical (unpaired) electrons. The Morgan fingerprint density at radius 1 is 1.06 bits per heavy atom. The van der Waals surface area contributed by atoms with Crippen LogP contribution in [0.5, 0.6) is 11.5 Å². The summed E-state index contributed by atoms with van der Waals surface area (Å²) in [6.45, 7) is 8.86. The first kappa shape index (κ1) is 24.0. The van der Waals surface area contributed by atoms with Crippen LogP contribution < -0.4 is 9.47 Å². The number of carbonyl (C=O) groups is 1. The maximum absolute atomic E-state index is 13.6. The number of allylic oxidation sites excluding steroid dienone is 1. The minimum absolute atomic E-state index is 0.115. The molecule has 0 bridgehead atoms. The molecule has 6 heteroatoms. The van der Waals surface area contributed by atoms with E-state index >= 15 is 0 Å². The zero-order valence-corrected chi connectivity index (χ0v) is 21.4. The highest BCUT2D eigenvalue weighted by molar-refractivity contribution is 7.99. The molecule has 0 N–H and O–H groups in total. The summed E-state index contributed by atoms with van der Waals surface area (Å²) in [6.07, 6.45) is 2.86. The maximum Gasteiger partial charge on any atom is 0.290 e. The first-order chi connectivity index (χ1) is 16.3. The number of furan rings is 1. The van der Waals surface area contributed by atoms with E-state index in [2.05, 4.69) is 32.1 Å². The molecule has 2 aromatic carbocycles. The van der Waals surface area contributed by atoms with E-state index in [0.717, 1.165) is 28.0 Å². The van der Waals surface area contributed by atoms with Gasteiger partial charge >= 0.3 is 0 Å². The van der Waals surface area contributed by atoms with Gasteiger partial charge in [0.15, 0.2) is 22.4 Å². The van der Waals surface area contributed by atoms with Gasteiger partial charge < -0.3 is 18.8 Å². The predicted octanol–water partition coefficient (Wildman–Crippen LogP) is 6.77. The van der Waals surface area contributed by atoms with Crippen molar-refractivity contribution in [1.29, 1.82) is 0 Å². The van der Waals surface area contributed by atoms with Gasteiger partial charge in [-0.25, -0.2) is 0 Å². The summed E-state index contributed by atoms with van der Waals surface area (Å²) in [4.78, 5) is 16.7. The number of amides is 1. The maximum atomic E-state index is 13.6. The van der Waals surface area contributed by atoms with Crippen LogP contribution in [0.1, 0.15) is 52.7 Å². The van der Waals surface area contributed by atoms with Crippen molar-refractivity contribution < 1.29 is 18.7 Å². The molecule has 0 aliphatic carbocycles. The van der Waals surface area contributed by atoms with Crippen molar-refractivity contribution in [3.63, 3.8) is 0 Å². The third-order valence-corrected chi connectivity index (χ3v) is 7.35. The second-order valence-corrected chi connectivity index (χ2v) is 9.80. The molecule has 1 unspecified atom stereocenters. The topological polar surface area (TPSA) is 51.9 Å². The molecule has 5 nitrogen and oxygen atoms in total. The summed E-state index contributed by atoms with van der Waals surface area (Å²) in [5, 5.41) is 0.711. The smallest absolute Gasteiger partial charge is 0.290 e. The van der Waals surface area contributed by atoms with E-state index in [1.807, 2.05) is 43.0 Å². The molecule has 178 valence electrons. The minimum Gasteiger partial charge on any atom is -0.493 e. The van der Waals surface area contributed by atoms with Gasteiger partial charge in [-0.3, -0.25) is 4.79 Å². The van der Waals surface area contributed by atoms with Gasteiger partial charge in [0, 0.05) is 11.4 Å². The number of carbonyl (C=O) groups excluding carboxylic acids is 1. The molecule has 1 atom stereocenters. The first-order valence-corrected chi connectivity index (χ1v) is 12.2. The van der Waals surface area contributed by atoms with Gasteiger partial charge in [-0.1, -0.05) is 41.6 Å². The summed E-state index contributed by atoms with van der Waals surface area (Å²) in [7, 11) is 3.27. The van der Waals surface area contributed by atoms with Gasteiger partial charge in [0.2, 0.25) is 0 Å². The van der Waals surface area contributed by atoms with E-state index in [1.54, 1.807) is 32.0 Å². The molecule has 34 heavy (non-hydrogen) atoms.